The second kappa shape index (κ2) is 19.4. The highest BCUT2D eigenvalue weighted by atomic mass is 79.9. The lowest BCUT2D eigenvalue weighted by Gasteiger charge is -2.40. The average Bonchev–Trinajstić information content (AvgIpc) is 3.86. The summed E-state index contributed by atoms with van der Waals surface area (Å²) in [6.07, 6.45) is 1.25. The fraction of sp³-hybridized carbons (Fsp3) is 0.111. The summed E-state index contributed by atoms with van der Waals surface area (Å²) in [5.74, 6) is 3.80. The van der Waals surface area contributed by atoms with E-state index in [2.05, 4.69) is 192 Å². The number of phenols is 1. The van der Waals surface area contributed by atoms with Gasteiger partial charge in [0, 0.05) is 43.8 Å². The van der Waals surface area contributed by atoms with Crippen LogP contribution in [0.1, 0.15) is 78.6 Å². The van der Waals surface area contributed by atoms with Crippen LogP contribution in [-0.2, 0) is 10.8 Å². The third-order valence-electron chi connectivity index (χ3n) is 13.9. The summed E-state index contributed by atoms with van der Waals surface area (Å²) in [4.78, 5) is 0. The van der Waals surface area contributed by atoms with Crippen LogP contribution in [0.15, 0.2) is 203 Å². The second-order valence-corrected chi connectivity index (χ2v) is 20.3. The number of hydrogen-bond donors (Lipinski definition) is 2. The van der Waals surface area contributed by atoms with Crippen molar-refractivity contribution in [3.8, 4) is 56.8 Å². The molecule has 10 aromatic carbocycles. The summed E-state index contributed by atoms with van der Waals surface area (Å²) >= 11 is 12.5. The first-order valence-corrected chi connectivity index (χ1v) is 26.7. The Morgan fingerprint density at radius 2 is 0.917 bits per heavy atom. The predicted molar refractivity (Wildman–Crippen MR) is 305 cm³/mol. The van der Waals surface area contributed by atoms with Gasteiger partial charge in [-0.3, -0.25) is 0 Å². The van der Waals surface area contributed by atoms with E-state index in [0.717, 1.165) is 98.8 Å². The quantitative estimate of drug-likeness (QED) is 0.123. The zero-order valence-electron chi connectivity index (χ0n) is 39.9. The zero-order chi connectivity index (χ0) is 49.7. The number of aromatic hydroxyl groups is 1. The Labute approximate surface area is 447 Å². The van der Waals surface area contributed by atoms with Crippen LogP contribution in [0.5, 0.6) is 34.5 Å². The van der Waals surface area contributed by atoms with Gasteiger partial charge < -0.3 is 22.4 Å². The molecule has 9 heteroatoms. The van der Waals surface area contributed by atoms with Gasteiger partial charge in [-0.25, -0.2) is 0 Å². The first-order valence-electron chi connectivity index (χ1n) is 24.1. The van der Waals surface area contributed by atoms with E-state index in [-0.39, 0.29) is 5.75 Å². The lowest BCUT2D eigenvalue weighted by atomic mass is 9.65. The number of fused-ring (bicyclic) bond motifs is 16. The number of hydrogen-bond acceptors (Lipinski definition) is 7. The Morgan fingerprint density at radius 3 is 1.44 bits per heavy atom. The maximum Gasteiger partial charge on any atom is 0.293 e. The Balaban J connectivity index is 0.00000108. The fourth-order valence-electron chi connectivity index (χ4n) is 11.2. The molecule has 0 unspecified atom stereocenters. The normalized spacial score (nSPS) is 13.4. The van der Waals surface area contributed by atoms with Crippen molar-refractivity contribution in [1.82, 2.24) is 0 Å². The molecule has 10 aromatic rings. The standard InChI is InChI=1S/C58H34Br2O5S2.C3H8.C2H6/c59-37-15-23-47-48-24-16-38(60)32-54(48)57(53(47)31-37,35-11-17-39(61)18-12-35)36-13-19-40(20-14-36)64-67-65-42-22-26-44-34(30-42)10-28-52-56(44)62-55-43-25-21-41(63-66)29-33(43)9-27-51(55)58(52)49-7-3-1-5-45(49)46-6-2-4-8-50(46)58;1-3-2;1-2/h1-32,61,66H;3H2,1-2H3;1-2H3. The minimum absolute atomic E-state index is 0.217. The lowest BCUT2D eigenvalue weighted by Crippen LogP contribution is -2.32. The highest BCUT2D eigenvalue weighted by Gasteiger charge is 2.52. The number of thiol groups is 1. The Hall–Kier alpha value is -6.62. The minimum Gasteiger partial charge on any atom is -0.508 e. The van der Waals surface area contributed by atoms with Crippen molar-refractivity contribution >= 4 is 78.6 Å². The number of phenolic OH excluding ortho intramolecular Hbond substituents is 1. The van der Waals surface area contributed by atoms with Crippen LogP contribution in [0.2, 0.25) is 0 Å². The van der Waals surface area contributed by atoms with Crippen molar-refractivity contribution in [2.24, 2.45) is 0 Å². The molecule has 0 fully saturated rings. The summed E-state index contributed by atoms with van der Waals surface area (Å²) in [6, 6.07) is 67.0. The van der Waals surface area contributed by atoms with E-state index in [0.29, 0.717) is 17.2 Å². The number of rotatable bonds is 7. The SMILES string of the molecule is CC.CCC.Oc1ccc(C2(c3ccc(OSOc4ccc5c6c(ccc5c4)C4(c5ccccc5-c5ccccc54)c4ccc5cc(OS)ccc5c4O6)cc3)c3cc(Br)ccc3-c3ccc(Br)cc32)cc1. The first kappa shape index (κ1) is 47.7. The van der Waals surface area contributed by atoms with Gasteiger partial charge >= 0.3 is 0 Å². The molecular weight excluding hydrogens is 1060 g/mol. The average molecular weight is 1110 g/mol. The van der Waals surface area contributed by atoms with Crippen molar-refractivity contribution in [1.29, 1.82) is 0 Å². The fourth-order valence-corrected chi connectivity index (χ4v) is 12.4. The highest BCUT2D eigenvalue weighted by molar-refractivity contribution is 9.10. The lowest BCUT2D eigenvalue weighted by molar-refractivity contribution is 0.447. The summed E-state index contributed by atoms with van der Waals surface area (Å²) in [7, 11) is 0. The summed E-state index contributed by atoms with van der Waals surface area (Å²) in [5, 5.41) is 14.3. The molecule has 72 heavy (non-hydrogen) atoms. The molecular formula is C63H48Br2O5S2. The van der Waals surface area contributed by atoms with E-state index in [1.165, 1.54) is 28.7 Å². The van der Waals surface area contributed by atoms with Crippen molar-refractivity contribution < 1.29 is 22.4 Å². The van der Waals surface area contributed by atoms with Crippen molar-refractivity contribution in [3.63, 3.8) is 0 Å². The highest BCUT2D eigenvalue weighted by Crippen LogP contribution is 2.64. The van der Waals surface area contributed by atoms with Crippen LogP contribution in [0, 0.1) is 0 Å². The molecule has 0 atom stereocenters. The molecule has 1 spiro atoms. The molecule has 0 saturated heterocycles. The monoisotopic (exact) mass is 1110 g/mol. The van der Waals surface area contributed by atoms with Crippen molar-refractivity contribution in [2.45, 2.75) is 44.9 Å². The van der Waals surface area contributed by atoms with Crippen LogP contribution in [0.25, 0.3) is 43.8 Å². The molecule has 1 heterocycles. The van der Waals surface area contributed by atoms with Crippen LogP contribution in [-0.4, -0.2) is 5.11 Å². The van der Waals surface area contributed by atoms with Gasteiger partial charge in [0.05, 0.1) is 10.8 Å². The molecule has 0 amide bonds. The van der Waals surface area contributed by atoms with Gasteiger partial charge in [-0.15, -0.1) is 0 Å². The van der Waals surface area contributed by atoms with E-state index in [1.54, 1.807) is 12.1 Å². The van der Waals surface area contributed by atoms with Gasteiger partial charge in [0.2, 0.25) is 0 Å². The van der Waals surface area contributed by atoms with Gasteiger partial charge in [-0.1, -0.05) is 175 Å². The number of benzene rings is 10. The molecule has 0 bridgehead atoms. The zero-order valence-corrected chi connectivity index (χ0v) is 44.8. The molecule has 356 valence electrons. The Kier molecular flexibility index (Phi) is 12.9. The van der Waals surface area contributed by atoms with E-state index in [9.17, 15) is 5.11 Å². The maximum absolute atomic E-state index is 10.4. The summed E-state index contributed by atoms with van der Waals surface area (Å²) < 4.78 is 26.9. The van der Waals surface area contributed by atoms with E-state index < -0.39 is 10.8 Å². The molecule has 3 aliphatic rings. The molecule has 0 saturated carbocycles. The topological polar surface area (TPSA) is 57.2 Å². The smallest absolute Gasteiger partial charge is 0.293 e. The summed E-state index contributed by atoms with van der Waals surface area (Å²) in [5.41, 5.74) is 12.5. The second-order valence-electron chi connectivity index (χ2n) is 17.8. The van der Waals surface area contributed by atoms with Crippen LogP contribution in [0.4, 0.5) is 0 Å². The van der Waals surface area contributed by atoms with Crippen LogP contribution in [0.3, 0.4) is 0 Å². The maximum atomic E-state index is 10.4. The van der Waals surface area contributed by atoms with Crippen molar-refractivity contribution in [3.05, 3.63) is 248 Å². The molecule has 13 rings (SSSR count). The first-order chi connectivity index (χ1) is 35.3. The molecule has 0 aromatic heterocycles. The molecule has 5 nitrogen and oxygen atoms in total. The Bertz CT molecular complexity index is 3610. The number of halogens is 2. The van der Waals surface area contributed by atoms with Gasteiger partial charge in [0.25, 0.3) is 12.3 Å². The predicted octanol–water partition coefficient (Wildman–Crippen LogP) is 18.7. The third-order valence-corrected chi connectivity index (χ3v) is 15.6. The largest absolute Gasteiger partial charge is 0.508 e. The summed E-state index contributed by atoms with van der Waals surface area (Å²) in [6.45, 7) is 8.25. The van der Waals surface area contributed by atoms with E-state index >= 15 is 0 Å². The van der Waals surface area contributed by atoms with Crippen LogP contribution >= 0.6 is 57.1 Å². The van der Waals surface area contributed by atoms with Gasteiger partial charge in [-0.2, -0.15) is 0 Å². The van der Waals surface area contributed by atoms with E-state index in [1.807, 2.05) is 62.4 Å². The third kappa shape index (κ3) is 7.50. The van der Waals surface area contributed by atoms with Gasteiger partial charge in [0.15, 0.2) is 0 Å². The minimum atomic E-state index is -0.661. The van der Waals surface area contributed by atoms with E-state index in [4.69, 9.17) is 17.3 Å². The molecule has 0 radical (unpaired) electrons. The molecule has 1 N–H and O–H groups in total. The molecule has 2 aliphatic carbocycles. The number of ether oxygens (including phenoxy) is 1. The van der Waals surface area contributed by atoms with Gasteiger partial charge in [0.1, 0.15) is 34.5 Å². The Morgan fingerprint density at radius 1 is 0.472 bits per heavy atom. The van der Waals surface area contributed by atoms with Gasteiger partial charge in [-0.05, 0) is 151 Å². The van der Waals surface area contributed by atoms with Crippen molar-refractivity contribution in [2.75, 3.05) is 0 Å². The molecule has 1 aliphatic heterocycles. The van der Waals surface area contributed by atoms with Crippen LogP contribution < -0.4 is 17.3 Å².